The maximum absolute atomic E-state index is 5.26. The van der Waals surface area contributed by atoms with Crippen LogP contribution in [0, 0.1) is 24.2 Å². The standard InChI is InChI=1S/C15H21N/c1-5-6-7-15-13(3)9-8-12(2)10-11-16-14(15)4/h1,6-7,11-13H,8-10H2,2-4H3/b7-6-,15-14-,16-11?. The lowest BCUT2D eigenvalue weighted by Crippen LogP contribution is -2.02. The molecule has 16 heavy (non-hydrogen) atoms. The molecule has 1 aliphatic rings. The minimum atomic E-state index is 0.544. The van der Waals surface area contributed by atoms with Crippen LogP contribution in [0.2, 0.25) is 0 Å². The highest BCUT2D eigenvalue weighted by molar-refractivity contribution is 5.59. The normalized spacial score (nSPS) is 31.9. The first-order chi connectivity index (χ1) is 7.65. The summed E-state index contributed by atoms with van der Waals surface area (Å²) >= 11 is 0. The molecule has 0 saturated heterocycles. The lowest BCUT2D eigenvalue weighted by Gasteiger charge is -2.15. The fourth-order valence-electron chi connectivity index (χ4n) is 2.03. The summed E-state index contributed by atoms with van der Waals surface area (Å²) < 4.78 is 0. The molecule has 1 rings (SSSR count). The number of allylic oxidation sites excluding steroid dienone is 4. The molecule has 0 aromatic rings. The SMILES string of the molecule is C#C/C=C\C1=C(/C)N=CCC(C)CCC1C. The van der Waals surface area contributed by atoms with Gasteiger partial charge in [0.25, 0.3) is 0 Å². The average Bonchev–Trinajstić information content (AvgIpc) is 2.31. The van der Waals surface area contributed by atoms with Crippen molar-refractivity contribution in [3.8, 4) is 12.3 Å². The van der Waals surface area contributed by atoms with Crippen LogP contribution in [0.5, 0.6) is 0 Å². The van der Waals surface area contributed by atoms with Crippen molar-refractivity contribution < 1.29 is 0 Å². The summed E-state index contributed by atoms with van der Waals surface area (Å²) in [6, 6.07) is 0. The van der Waals surface area contributed by atoms with Crippen LogP contribution in [-0.2, 0) is 0 Å². The molecule has 2 atom stereocenters. The summed E-state index contributed by atoms with van der Waals surface area (Å²) in [6.07, 6.45) is 14.7. The average molecular weight is 215 g/mol. The largest absolute Gasteiger partial charge is 0.266 e. The Balaban J connectivity index is 2.94. The van der Waals surface area contributed by atoms with Gasteiger partial charge in [0.1, 0.15) is 0 Å². The first-order valence-electron chi connectivity index (χ1n) is 6.01. The van der Waals surface area contributed by atoms with E-state index in [1.54, 1.807) is 6.08 Å². The Morgan fingerprint density at radius 1 is 1.44 bits per heavy atom. The summed E-state index contributed by atoms with van der Waals surface area (Å²) in [4.78, 5) is 4.51. The molecule has 0 saturated carbocycles. The molecule has 0 aromatic heterocycles. The van der Waals surface area contributed by atoms with Gasteiger partial charge in [-0.25, -0.2) is 0 Å². The molecule has 1 heteroatoms. The Bertz CT molecular complexity index is 352. The first-order valence-corrected chi connectivity index (χ1v) is 6.01. The van der Waals surface area contributed by atoms with Crippen LogP contribution >= 0.6 is 0 Å². The summed E-state index contributed by atoms with van der Waals surface area (Å²) in [5, 5.41) is 0. The third-order valence-electron chi connectivity index (χ3n) is 3.19. The number of nitrogens with zero attached hydrogens (tertiary/aromatic N) is 1. The predicted molar refractivity (Wildman–Crippen MR) is 71.3 cm³/mol. The van der Waals surface area contributed by atoms with Gasteiger partial charge in [-0.1, -0.05) is 19.8 Å². The Kier molecular flexibility index (Phi) is 5.05. The van der Waals surface area contributed by atoms with Crippen molar-refractivity contribution in [3.63, 3.8) is 0 Å². The van der Waals surface area contributed by atoms with Crippen LogP contribution in [0.3, 0.4) is 0 Å². The monoisotopic (exact) mass is 215 g/mol. The number of rotatable bonds is 1. The Hall–Kier alpha value is -1.29. The molecule has 0 N–H and O–H groups in total. The van der Waals surface area contributed by atoms with Crippen LogP contribution in [0.25, 0.3) is 0 Å². The van der Waals surface area contributed by atoms with E-state index in [0.29, 0.717) is 5.92 Å². The third-order valence-corrected chi connectivity index (χ3v) is 3.19. The minimum Gasteiger partial charge on any atom is -0.266 e. The molecule has 1 nitrogen and oxygen atoms in total. The van der Waals surface area contributed by atoms with Gasteiger partial charge < -0.3 is 0 Å². The van der Waals surface area contributed by atoms with Crippen molar-refractivity contribution in [1.29, 1.82) is 0 Å². The Morgan fingerprint density at radius 2 is 2.19 bits per heavy atom. The first kappa shape index (κ1) is 12.8. The van der Waals surface area contributed by atoms with Gasteiger partial charge in [-0.05, 0) is 55.7 Å². The molecule has 0 fully saturated rings. The molecule has 0 spiro atoms. The zero-order valence-corrected chi connectivity index (χ0v) is 10.5. The van der Waals surface area contributed by atoms with Gasteiger partial charge in [-0.3, -0.25) is 4.99 Å². The van der Waals surface area contributed by atoms with Crippen molar-refractivity contribution >= 4 is 6.21 Å². The summed E-state index contributed by atoms with van der Waals surface area (Å²) in [6.45, 7) is 6.61. The fourth-order valence-corrected chi connectivity index (χ4v) is 2.03. The molecule has 0 amide bonds. The highest BCUT2D eigenvalue weighted by Crippen LogP contribution is 2.26. The second-order valence-electron chi connectivity index (χ2n) is 4.67. The topological polar surface area (TPSA) is 12.4 Å². The molecule has 86 valence electrons. The molecular weight excluding hydrogens is 194 g/mol. The van der Waals surface area contributed by atoms with Gasteiger partial charge in [0.05, 0.1) is 0 Å². The van der Waals surface area contributed by atoms with E-state index in [9.17, 15) is 0 Å². The summed E-state index contributed by atoms with van der Waals surface area (Å²) in [7, 11) is 0. The van der Waals surface area contributed by atoms with Crippen LogP contribution in [-0.4, -0.2) is 6.21 Å². The Morgan fingerprint density at radius 3 is 2.88 bits per heavy atom. The van der Waals surface area contributed by atoms with E-state index in [2.05, 4.69) is 31.7 Å². The van der Waals surface area contributed by atoms with E-state index in [0.717, 1.165) is 18.0 Å². The zero-order valence-electron chi connectivity index (χ0n) is 10.5. The molecule has 0 bridgehead atoms. The van der Waals surface area contributed by atoms with Gasteiger partial charge in [0.15, 0.2) is 0 Å². The molecule has 1 heterocycles. The number of aliphatic imine (C=N–C) groups is 1. The fraction of sp³-hybridized carbons (Fsp3) is 0.533. The van der Waals surface area contributed by atoms with Crippen molar-refractivity contribution in [2.75, 3.05) is 0 Å². The van der Waals surface area contributed by atoms with E-state index < -0.39 is 0 Å². The van der Waals surface area contributed by atoms with Crippen molar-refractivity contribution in [3.05, 3.63) is 23.4 Å². The van der Waals surface area contributed by atoms with Gasteiger partial charge in [-0.15, -0.1) is 6.42 Å². The lowest BCUT2D eigenvalue weighted by molar-refractivity contribution is 0.478. The van der Waals surface area contributed by atoms with Gasteiger partial charge >= 0.3 is 0 Å². The van der Waals surface area contributed by atoms with Crippen molar-refractivity contribution in [2.24, 2.45) is 16.8 Å². The number of hydrogen-bond acceptors (Lipinski definition) is 1. The summed E-state index contributed by atoms with van der Waals surface area (Å²) in [5.74, 6) is 3.83. The third kappa shape index (κ3) is 3.70. The van der Waals surface area contributed by atoms with Gasteiger partial charge in [0, 0.05) is 11.9 Å². The van der Waals surface area contributed by atoms with E-state index in [-0.39, 0.29) is 0 Å². The van der Waals surface area contributed by atoms with Crippen LogP contribution in [0.15, 0.2) is 28.4 Å². The van der Waals surface area contributed by atoms with Gasteiger partial charge in [-0.2, -0.15) is 0 Å². The highest BCUT2D eigenvalue weighted by atomic mass is 14.7. The maximum Gasteiger partial charge on any atom is 0.0403 e. The summed E-state index contributed by atoms with van der Waals surface area (Å²) in [5.41, 5.74) is 2.39. The number of hydrogen-bond donors (Lipinski definition) is 0. The molecule has 2 unspecified atom stereocenters. The lowest BCUT2D eigenvalue weighted by atomic mass is 9.90. The quantitative estimate of drug-likeness (QED) is 0.587. The second-order valence-corrected chi connectivity index (χ2v) is 4.67. The molecule has 1 aliphatic heterocycles. The zero-order chi connectivity index (χ0) is 12.0. The van der Waals surface area contributed by atoms with Crippen molar-refractivity contribution in [2.45, 2.75) is 40.0 Å². The van der Waals surface area contributed by atoms with Crippen LogP contribution in [0.4, 0.5) is 0 Å². The highest BCUT2D eigenvalue weighted by Gasteiger charge is 2.13. The van der Waals surface area contributed by atoms with Gasteiger partial charge in [0.2, 0.25) is 0 Å². The van der Waals surface area contributed by atoms with E-state index in [4.69, 9.17) is 6.42 Å². The van der Waals surface area contributed by atoms with E-state index in [1.807, 2.05) is 12.3 Å². The maximum atomic E-state index is 5.26. The number of terminal acetylenes is 1. The van der Waals surface area contributed by atoms with Crippen LogP contribution in [0.1, 0.15) is 40.0 Å². The molecular formula is C15H21N. The molecule has 0 aromatic carbocycles. The Labute approximate surface area is 99.4 Å². The van der Waals surface area contributed by atoms with Crippen LogP contribution < -0.4 is 0 Å². The van der Waals surface area contributed by atoms with E-state index in [1.165, 1.54) is 18.4 Å². The smallest absolute Gasteiger partial charge is 0.0403 e. The predicted octanol–water partition coefficient (Wildman–Crippen LogP) is 3.98. The minimum absolute atomic E-state index is 0.544. The van der Waals surface area contributed by atoms with Crippen molar-refractivity contribution in [1.82, 2.24) is 0 Å². The second kappa shape index (κ2) is 6.33. The van der Waals surface area contributed by atoms with E-state index >= 15 is 0 Å². The molecule has 0 aliphatic carbocycles. The molecule has 0 radical (unpaired) electrons.